The first kappa shape index (κ1) is 14.2. The van der Waals surface area contributed by atoms with Gasteiger partial charge in [-0.2, -0.15) is 0 Å². The zero-order valence-electron chi connectivity index (χ0n) is 12.6. The van der Waals surface area contributed by atoms with Crippen molar-refractivity contribution in [2.45, 2.75) is 13.3 Å². The van der Waals surface area contributed by atoms with Crippen LogP contribution >= 0.6 is 11.6 Å². The third-order valence-electron chi connectivity index (χ3n) is 4.18. The van der Waals surface area contributed by atoms with Gasteiger partial charge in [0.2, 0.25) is 0 Å². The van der Waals surface area contributed by atoms with Crippen LogP contribution in [0.1, 0.15) is 22.6 Å². The Morgan fingerprint density at radius 2 is 1.96 bits per heavy atom. The summed E-state index contributed by atoms with van der Waals surface area (Å²) < 4.78 is 16.4. The molecule has 2 nitrogen and oxygen atoms in total. The molecule has 4 rings (SSSR count). The van der Waals surface area contributed by atoms with Crippen LogP contribution in [0.4, 0.5) is 4.39 Å². The standard InChI is InChI=1S/C19H14ClFN2/c1-12-22-11-14-7-8-15(16-4-2-3-5-18(16)21)17-10-13(20)6-9-19(17)23(12)14/h2-6,8-11H,7H2,1H3. The van der Waals surface area contributed by atoms with Crippen molar-refractivity contribution in [3.05, 3.63) is 88.2 Å². The Labute approximate surface area is 138 Å². The minimum Gasteiger partial charge on any atom is -0.300 e. The van der Waals surface area contributed by atoms with Crippen molar-refractivity contribution in [1.29, 1.82) is 0 Å². The van der Waals surface area contributed by atoms with Gasteiger partial charge in [-0.3, -0.25) is 0 Å². The highest BCUT2D eigenvalue weighted by molar-refractivity contribution is 6.30. The number of benzene rings is 2. The fraction of sp³-hybridized carbons (Fsp3) is 0.105. The van der Waals surface area contributed by atoms with E-state index in [1.54, 1.807) is 12.1 Å². The lowest BCUT2D eigenvalue weighted by atomic mass is 9.95. The van der Waals surface area contributed by atoms with Crippen molar-refractivity contribution in [1.82, 2.24) is 9.55 Å². The van der Waals surface area contributed by atoms with Crippen LogP contribution < -0.4 is 0 Å². The number of fused-ring (bicyclic) bond motifs is 3. The average molecular weight is 325 g/mol. The van der Waals surface area contributed by atoms with E-state index in [4.69, 9.17) is 11.6 Å². The second kappa shape index (κ2) is 5.36. The molecule has 2 heterocycles. The summed E-state index contributed by atoms with van der Waals surface area (Å²) in [6.07, 6.45) is 4.61. The van der Waals surface area contributed by atoms with Gasteiger partial charge in [0.15, 0.2) is 0 Å². The molecule has 0 N–H and O–H groups in total. The average Bonchev–Trinajstić information content (AvgIpc) is 2.82. The molecule has 0 saturated heterocycles. The lowest BCUT2D eigenvalue weighted by Crippen LogP contribution is -2.03. The van der Waals surface area contributed by atoms with Crippen LogP contribution in [0.3, 0.4) is 0 Å². The molecule has 0 unspecified atom stereocenters. The van der Waals surface area contributed by atoms with Crippen molar-refractivity contribution < 1.29 is 4.39 Å². The van der Waals surface area contributed by atoms with Crippen LogP contribution in [0, 0.1) is 12.7 Å². The molecule has 1 aromatic heterocycles. The first-order valence-corrected chi connectivity index (χ1v) is 7.81. The van der Waals surface area contributed by atoms with Crippen molar-refractivity contribution in [2.24, 2.45) is 0 Å². The Balaban J connectivity index is 2.03. The minimum absolute atomic E-state index is 0.230. The number of hydrogen-bond donors (Lipinski definition) is 0. The number of halogens is 2. The van der Waals surface area contributed by atoms with Crippen LogP contribution in [0.25, 0.3) is 11.3 Å². The van der Waals surface area contributed by atoms with Crippen molar-refractivity contribution in [2.75, 3.05) is 0 Å². The Morgan fingerprint density at radius 3 is 2.78 bits per heavy atom. The maximum Gasteiger partial charge on any atom is 0.131 e. The predicted octanol–water partition coefficient (Wildman–Crippen LogP) is 4.96. The Bertz CT molecular complexity index is 940. The fourth-order valence-electron chi connectivity index (χ4n) is 3.13. The van der Waals surface area contributed by atoms with Gasteiger partial charge in [-0.25, -0.2) is 9.37 Å². The molecule has 0 fully saturated rings. The fourth-order valence-corrected chi connectivity index (χ4v) is 3.31. The third kappa shape index (κ3) is 2.28. The van der Waals surface area contributed by atoms with E-state index in [1.165, 1.54) is 6.07 Å². The quantitative estimate of drug-likeness (QED) is 0.618. The number of imidazole rings is 1. The molecule has 0 radical (unpaired) electrons. The van der Waals surface area contributed by atoms with Crippen LogP contribution in [-0.2, 0) is 6.42 Å². The maximum atomic E-state index is 14.3. The minimum atomic E-state index is -0.230. The lowest BCUT2D eigenvalue weighted by molar-refractivity contribution is 0.624. The highest BCUT2D eigenvalue weighted by Gasteiger charge is 2.20. The number of nitrogens with zero attached hydrogens (tertiary/aromatic N) is 2. The van der Waals surface area contributed by atoms with Gasteiger partial charge < -0.3 is 4.57 Å². The van der Waals surface area contributed by atoms with Gasteiger partial charge >= 0.3 is 0 Å². The molecule has 0 amide bonds. The molecule has 1 aliphatic heterocycles. The molecule has 0 saturated carbocycles. The normalized spacial score (nSPS) is 13.1. The number of aromatic nitrogens is 2. The summed E-state index contributed by atoms with van der Waals surface area (Å²) in [4.78, 5) is 4.40. The molecule has 2 aromatic carbocycles. The Morgan fingerprint density at radius 1 is 1.13 bits per heavy atom. The van der Waals surface area contributed by atoms with E-state index in [0.717, 1.165) is 28.3 Å². The van der Waals surface area contributed by atoms with Gasteiger partial charge in [-0.05, 0) is 36.8 Å². The number of aryl methyl sites for hydroxylation is 1. The number of hydrogen-bond acceptors (Lipinski definition) is 1. The lowest BCUT2D eigenvalue weighted by Gasteiger charge is -2.15. The molecular weight excluding hydrogens is 311 g/mol. The SMILES string of the molecule is Cc1ncc2n1-c1ccc(Cl)cc1C(c1ccccc1F)=CC2. The third-order valence-corrected chi connectivity index (χ3v) is 4.42. The van der Waals surface area contributed by atoms with E-state index >= 15 is 0 Å². The molecule has 0 bridgehead atoms. The molecule has 114 valence electrons. The summed E-state index contributed by atoms with van der Waals surface area (Å²) >= 11 is 6.22. The van der Waals surface area contributed by atoms with Crippen molar-refractivity contribution in [3.63, 3.8) is 0 Å². The topological polar surface area (TPSA) is 17.8 Å². The molecule has 0 spiro atoms. The molecule has 0 atom stereocenters. The van der Waals surface area contributed by atoms with E-state index in [-0.39, 0.29) is 5.82 Å². The van der Waals surface area contributed by atoms with E-state index in [0.29, 0.717) is 17.0 Å². The van der Waals surface area contributed by atoms with Crippen LogP contribution in [0.5, 0.6) is 0 Å². The maximum absolute atomic E-state index is 14.3. The summed E-state index contributed by atoms with van der Waals surface area (Å²) in [5, 5.41) is 0.632. The van der Waals surface area contributed by atoms with Crippen molar-refractivity contribution >= 4 is 17.2 Å². The highest BCUT2D eigenvalue weighted by Crippen LogP contribution is 2.35. The summed E-state index contributed by atoms with van der Waals surface area (Å²) in [5.41, 5.74) is 4.43. The van der Waals surface area contributed by atoms with Gasteiger partial charge in [0.25, 0.3) is 0 Å². The van der Waals surface area contributed by atoms with Crippen LogP contribution in [-0.4, -0.2) is 9.55 Å². The largest absolute Gasteiger partial charge is 0.300 e. The van der Waals surface area contributed by atoms with Crippen molar-refractivity contribution in [3.8, 4) is 5.69 Å². The van der Waals surface area contributed by atoms with Gasteiger partial charge in [-0.1, -0.05) is 35.9 Å². The second-order valence-electron chi connectivity index (χ2n) is 5.60. The number of rotatable bonds is 1. The van der Waals surface area contributed by atoms with Gasteiger partial charge in [-0.15, -0.1) is 0 Å². The molecular formula is C19H14ClFN2. The van der Waals surface area contributed by atoms with Gasteiger partial charge in [0.05, 0.1) is 5.69 Å². The molecule has 4 heteroatoms. The zero-order valence-corrected chi connectivity index (χ0v) is 13.3. The van der Waals surface area contributed by atoms with Gasteiger partial charge in [0, 0.05) is 34.5 Å². The first-order chi connectivity index (χ1) is 11.1. The summed E-state index contributed by atoms with van der Waals surface area (Å²) in [5.74, 6) is 0.679. The molecule has 1 aliphatic rings. The second-order valence-corrected chi connectivity index (χ2v) is 6.03. The summed E-state index contributed by atoms with van der Waals surface area (Å²) in [6, 6.07) is 12.6. The van der Waals surface area contributed by atoms with Crippen LogP contribution in [0.2, 0.25) is 5.02 Å². The highest BCUT2D eigenvalue weighted by atomic mass is 35.5. The summed E-state index contributed by atoms with van der Waals surface area (Å²) in [6.45, 7) is 1.97. The molecule has 23 heavy (non-hydrogen) atoms. The smallest absolute Gasteiger partial charge is 0.131 e. The summed E-state index contributed by atoms with van der Waals surface area (Å²) in [7, 11) is 0. The van der Waals surface area contributed by atoms with Gasteiger partial charge in [0.1, 0.15) is 11.6 Å². The van der Waals surface area contributed by atoms with E-state index in [2.05, 4.69) is 9.55 Å². The molecule has 0 aliphatic carbocycles. The zero-order chi connectivity index (χ0) is 16.0. The van der Waals surface area contributed by atoms with E-state index in [1.807, 2.05) is 43.5 Å². The van der Waals surface area contributed by atoms with E-state index in [9.17, 15) is 4.39 Å². The predicted molar refractivity (Wildman–Crippen MR) is 90.5 cm³/mol. The van der Waals surface area contributed by atoms with Crippen LogP contribution in [0.15, 0.2) is 54.7 Å². The molecule has 3 aromatic rings. The van der Waals surface area contributed by atoms with E-state index < -0.39 is 0 Å². The first-order valence-electron chi connectivity index (χ1n) is 7.44. The monoisotopic (exact) mass is 324 g/mol. The Kier molecular flexibility index (Phi) is 3.31. The number of allylic oxidation sites excluding steroid dienone is 1. The Hall–Kier alpha value is -2.39.